The molecule has 0 aromatic carbocycles. The van der Waals surface area contributed by atoms with E-state index in [2.05, 4.69) is 20.3 Å². The third-order valence-corrected chi connectivity index (χ3v) is 4.94. The van der Waals surface area contributed by atoms with Gasteiger partial charge in [0.2, 0.25) is 0 Å². The number of hydrogen-bond acceptors (Lipinski definition) is 4. The van der Waals surface area contributed by atoms with Gasteiger partial charge in [0.05, 0.1) is 11.5 Å². The van der Waals surface area contributed by atoms with E-state index in [0.29, 0.717) is 13.1 Å². The van der Waals surface area contributed by atoms with Gasteiger partial charge in [-0.1, -0.05) is 12.8 Å². The van der Waals surface area contributed by atoms with Crippen LogP contribution in [0.1, 0.15) is 25.7 Å². The van der Waals surface area contributed by atoms with Crippen molar-refractivity contribution in [3.63, 3.8) is 0 Å². The van der Waals surface area contributed by atoms with E-state index in [0.717, 1.165) is 30.9 Å². The first-order valence-electron chi connectivity index (χ1n) is 8.30. The van der Waals surface area contributed by atoms with Gasteiger partial charge in [-0.2, -0.15) is 5.10 Å². The van der Waals surface area contributed by atoms with E-state index in [-0.39, 0.29) is 5.69 Å². The SMILES string of the molecule is CN=C(NCCn1cc([N+](=O)[O-])cn1)N1CC2CCCCC2C1. The van der Waals surface area contributed by atoms with Gasteiger partial charge in [0.25, 0.3) is 0 Å². The van der Waals surface area contributed by atoms with Crippen molar-refractivity contribution in [2.24, 2.45) is 16.8 Å². The highest BCUT2D eigenvalue weighted by Gasteiger charge is 2.35. The summed E-state index contributed by atoms with van der Waals surface area (Å²) in [6.45, 7) is 3.42. The van der Waals surface area contributed by atoms with E-state index >= 15 is 0 Å². The molecule has 2 fully saturated rings. The number of nitrogens with zero attached hydrogens (tertiary/aromatic N) is 5. The molecule has 1 saturated carbocycles. The summed E-state index contributed by atoms with van der Waals surface area (Å²) in [5.74, 6) is 2.56. The molecular formula is C15H24N6O2. The van der Waals surface area contributed by atoms with Crippen LogP contribution in [0.15, 0.2) is 17.4 Å². The Balaban J connectivity index is 1.49. The van der Waals surface area contributed by atoms with E-state index in [1.54, 1.807) is 4.68 Å². The highest BCUT2D eigenvalue weighted by molar-refractivity contribution is 5.80. The molecule has 1 aromatic heterocycles. The highest BCUT2D eigenvalue weighted by atomic mass is 16.6. The van der Waals surface area contributed by atoms with E-state index in [1.165, 1.54) is 38.1 Å². The molecule has 0 radical (unpaired) electrons. The summed E-state index contributed by atoms with van der Waals surface area (Å²) >= 11 is 0. The van der Waals surface area contributed by atoms with Crippen molar-refractivity contribution in [3.8, 4) is 0 Å². The fourth-order valence-electron chi connectivity index (χ4n) is 3.76. The van der Waals surface area contributed by atoms with Crippen molar-refractivity contribution in [2.45, 2.75) is 32.2 Å². The fraction of sp³-hybridized carbons (Fsp3) is 0.733. The molecule has 8 nitrogen and oxygen atoms in total. The average molecular weight is 320 g/mol. The smallest absolute Gasteiger partial charge is 0.306 e. The molecule has 1 N–H and O–H groups in total. The predicted molar refractivity (Wildman–Crippen MR) is 87.3 cm³/mol. The lowest BCUT2D eigenvalue weighted by Crippen LogP contribution is -2.41. The molecule has 1 aromatic rings. The molecule has 23 heavy (non-hydrogen) atoms. The molecule has 0 bridgehead atoms. The molecule has 1 aliphatic carbocycles. The lowest BCUT2D eigenvalue weighted by Gasteiger charge is -2.22. The van der Waals surface area contributed by atoms with Crippen LogP contribution in [0.2, 0.25) is 0 Å². The molecule has 2 atom stereocenters. The molecule has 1 saturated heterocycles. The van der Waals surface area contributed by atoms with Gasteiger partial charge in [-0.05, 0) is 24.7 Å². The van der Waals surface area contributed by atoms with E-state index in [1.807, 2.05) is 7.05 Å². The summed E-state index contributed by atoms with van der Waals surface area (Å²) in [7, 11) is 1.81. The molecule has 0 amide bonds. The Morgan fingerprint density at radius 1 is 1.43 bits per heavy atom. The Labute approximate surface area is 135 Å². The zero-order chi connectivity index (χ0) is 16.2. The van der Waals surface area contributed by atoms with Gasteiger partial charge in [0.15, 0.2) is 5.96 Å². The summed E-state index contributed by atoms with van der Waals surface area (Å²) in [5.41, 5.74) is 0.0259. The summed E-state index contributed by atoms with van der Waals surface area (Å²) in [6.07, 6.45) is 8.14. The number of aromatic nitrogens is 2. The van der Waals surface area contributed by atoms with Crippen LogP contribution in [0.3, 0.4) is 0 Å². The van der Waals surface area contributed by atoms with Gasteiger partial charge in [-0.25, -0.2) is 0 Å². The van der Waals surface area contributed by atoms with Crippen molar-refractivity contribution >= 4 is 11.6 Å². The van der Waals surface area contributed by atoms with Crippen molar-refractivity contribution < 1.29 is 4.92 Å². The Kier molecular flexibility index (Phi) is 4.78. The maximum atomic E-state index is 10.7. The monoisotopic (exact) mass is 320 g/mol. The number of guanidine groups is 1. The van der Waals surface area contributed by atoms with Crippen LogP contribution >= 0.6 is 0 Å². The van der Waals surface area contributed by atoms with Gasteiger partial charge in [0.1, 0.15) is 12.4 Å². The molecule has 0 spiro atoms. The Bertz CT molecular complexity index is 570. The van der Waals surface area contributed by atoms with Gasteiger partial charge in [-0.3, -0.25) is 19.8 Å². The Morgan fingerprint density at radius 2 is 2.13 bits per heavy atom. The molecule has 3 rings (SSSR count). The summed E-state index contributed by atoms with van der Waals surface area (Å²) in [6, 6.07) is 0. The minimum atomic E-state index is -0.429. The Hall–Kier alpha value is -2.12. The van der Waals surface area contributed by atoms with Crippen molar-refractivity contribution in [2.75, 3.05) is 26.7 Å². The second kappa shape index (κ2) is 6.97. The van der Waals surface area contributed by atoms with Crippen LogP contribution < -0.4 is 5.32 Å². The highest BCUT2D eigenvalue weighted by Crippen LogP contribution is 2.35. The number of rotatable bonds is 4. The Morgan fingerprint density at radius 3 is 2.70 bits per heavy atom. The number of aliphatic imine (C=N–C) groups is 1. The molecule has 1 aliphatic heterocycles. The zero-order valence-electron chi connectivity index (χ0n) is 13.5. The zero-order valence-corrected chi connectivity index (χ0v) is 13.5. The second-order valence-corrected chi connectivity index (χ2v) is 6.40. The third-order valence-electron chi connectivity index (χ3n) is 4.94. The molecule has 2 heterocycles. The van der Waals surface area contributed by atoms with Crippen molar-refractivity contribution in [3.05, 3.63) is 22.5 Å². The van der Waals surface area contributed by atoms with Crippen LogP contribution in [0.4, 0.5) is 5.69 Å². The number of fused-ring (bicyclic) bond motifs is 1. The maximum absolute atomic E-state index is 10.7. The number of hydrogen-bond donors (Lipinski definition) is 1. The first-order valence-corrected chi connectivity index (χ1v) is 8.30. The molecule has 126 valence electrons. The van der Waals surface area contributed by atoms with E-state index < -0.39 is 4.92 Å². The minimum absolute atomic E-state index is 0.0259. The molecule has 2 aliphatic rings. The summed E-state index contributed by atoms with van der Waals surface area (Å²) in [5, 5.41) is 18.0. The summed E-state index contributed by atoms with van der Waals surface area (Å²) in [4.78, 5) is 17.0. The lowest BCUT2D eigenvalue weighted by molar-refractivity contribution is -0.385. The predicted octanol–water partition coefficient (Wildman–Crippen LogP) is 1.49. The fourth-order valence-corrected chi connectivity index (χ4v) is 3.76. The van der Waals surface area contributed by atoms with Gasteiger partial charge in [0, 0.05) is 26.7 Å². The van der Waals surface area contributed by atoms with Crippen LogP contribution in [0, 0.1) is 22.0 Å². The topological polar surface area (TPSA) is 88.6 Å². The molecule has 2 unspecified atom stereocenters. The first-order chi connectivity index (χ1) is 11.2. The maximum Gasteiger partial charge on any atom is 0.306 e. The lowest BCUT2D eigenvalue weighted by atomic mass is 9.82. The van der Waals surface area contributed by atoms with Gasteiger partial charge < -0.3 is 10.2 Å². The number of nitro groups is 1. The summed E-state index contributed by atoms with van der Waals surface area (Å²) < 4.78 is 1.59. The van der Waals surface area contributed by atoms with Gasteiger partial charge in [-0.15, -0.1) is 0 Å². The largest absolute Gasteiger partial charge is 0.354 e. The van der Waals surface area contributed by atoms with Crippen LogP contribution in [-0.2, 0) is 6.54 Å². The van der Waals surface area contributed by atoms with E-state index in [9.17, 15) is 10.1 Å². The van der Waals surface area contributed by atoms with Crippen LogP contribution in [0.5, 0.6) is 0 Å². The number of nitrogens with one attached hydrogen (secondary N) is 1. The average Bonchev–Trinajstić information content (AvgIpc) is 3.18. The molecule has 8 heteroatoms. The third kappa shape index (κ3) is 3.62. The minimum Gasteiger partial charge on any atom is -0.354 e. The first kappa shape index (κ1) is 15.8. The van der Waals surface area contributed by atoms with Crippen molar-refractivity contribution in [1.29, 1.82) is 0 Å². The van der Waals surface area contributed by atoms with Crippen LogP contribution in [0.25, 0.3) is 0 Å². The second-order valence-electron chi connectivity index (χ2n) is 6.40. The van der Waals surface area contributed by atoms with Gasteiger partial charge >= 0.3 is 5.69 Å². The number of likely N-dealkylation sites (tertiary alicyclic amines) is 1. The van der Waals surface area contributed by atoms with Crippen LogP contribution in [-0.4, -0.2) is 52.2 Å². The normalized spacial score (nSPS) is 24.6. The standard InChI is InChI=1S/C15H24N6O2/c1-16-15(19-9-12-4-2-3-5-13(12)10-19)17-6-7-20-11-14(8-18-20)21(22)23/h8,11-13H,2-7,9-10H2,1H3,(H,16,17). The van der Waals surface area contributed by atoms with E-state index in [4.69, 9.17) is 0 Å². The van der Waals surface area contributed by atoms with Crippen molar-refractivity contribution in [1.82, 2.24) is 20.0 Å². The molecular weight excluding hydrogens is 296 g/mol. The quantitative estimate of drug-likeness (QED) is 0.393.